The van der Waals surface area contributed by atoms with E-state index in [0.717, 1.165) is 16.1 Å². The molecule has 0 radical (unpaired) electrons. The summed E-state index contributed by atoms with van der Waals surface area (Å²) in [4.78, 5) is 13.4. The molecule has 110 valence electrons. The van der Waals surface area contributed by atoms with Crippen molar-refractivity contribution in [1.29, 1.82) is 0 Å². The van der Waals surface area contributed by atoms with Gasteiger partial charge in [-0.3, -0.25) is 4.79 Å². The summed E-state index contributed by atoms with van der Waals surface area (Å²) in [6.07, 6.45) is 0. The highest BCUT2D eigenvalue weighted by Crippen LogP contribution is 2.26. The van der Waals surface area contributed by atoms with Crippen LogP contribution >= 0.6 is 23.4 Å². The fourth-order valence-corrected chi connectivity index (χ4v) is 2.89. The lowest BCUT2D eigenvalue weighted by molar-refractivity contribution is -0.115. The number of benzene rings is 2. The van der Waals surface area contributed by atoms with Gasteiger partial charge in [-0.05, 0) is 50.6 Å². The van der Waals surface area contributed by atoms with Crippen molar-refractivity contribution in [2.45, 2.75) is 30.9 Å². The zero-order valence-electron chi connectivity index (χ0n) is 12.3. The van der Waals surface area contributed by atoms with Crippen LogP contribution in [0.3, 0.4) is 0 Å². The smallest absolute Gasteiger partial charge is 0.237 e. The van der Waals surface area contributed by atoms with Crippen LogP contribution < -0.4 is 5.32 Å². The Labute approximate surface area is 134 Å². The first-order chi connectivity index (χ1) is 9.97. The molecule has 2 nitrogen and oxygen atoms in total. The molecule has 1 amide bonds. The number of amides is 1. The quantitative estimate of drug-likeness (QED) is 0.796. The Morgan fingerprint density at radius 2 is 1.81 bits per heavy atom. The van der Waals surface area contributed by atoms with Crippen LogP contribution in [0.25, 0.3) is 0 Å². The third-order valence-corrected chi connectivity index (χ3v) is 4.75. The first kappa shape index (κ1) is 15.9. The van der Waals surface area contributed by atoms with E-state index in [1.165, 1.54) is 5.56 Å². The first-order valence-corrected chi connectivity index (χ1v) is 8.02. The van der Waals surface area contributed by atoms with Gasteiger partial charge in [0.05, 0.1) is 5.25 Å². The maximum atomic E-state index is 12.3. The van der Waals surface area contributed by atoms with E-state index in [2.05, 4.69) is 5.32 Å². The van der Waals surface area contributed by atoms with Crippen molar-refractivity contribution in [3.8, 4) is 0 Å². The number of anilines is 1. The minimum Gasteiger partial charge on any atom is -0.325 e. The van der Waals surface area contributed by atoms with E-state index in [4.69, 9.17) is 11.6 Å². The van der Waals surface area contributed by atoms with Crippen molar-refractivity contribution in [2.24, 2.45) is 0 Å². The van der Waals surface area contributed by atoms with Crippen molar-refractivity contribution in [3.05, 3.63) is 58.6 Å². The van der Waals surface area contributed by atoms with Gasteiger partial charge < -0.3 is 5.32 Å². The summed E-state index contributed by atoms with van der Waals surface area (Å²) >= 11 is 7.61. The highest BCUT2D eigenvalue weighted by molar-refractivity contribution is 8.00. The lowest BCUT2D eigenvalue weighted by atomic mass is 10.2. The number of halogens is 1. The number of carbonyl (C=O) groups excluding carboxylic acids is 1. The van der Waals surface area contributed by atoms with Gasteiger partial charge in [0.1, 0.15) is 0 Å². The van der Waals surface area contributed by atoms with E-state index in [1.54, 1.807) is 11.8 Å². The van der Waals surface area contributed by atoms with E-state index >= 15 is 0 Å². The average Bonchev–Trinajstić information content (AvgIpc) is 2.46. The fraction of sp³-hybridized carbons (Fsp3) is 0.235. The van der Waals surface area contributed by atoms with Crippen molar-refractivity contribution >= 4 is 35.0 Å². The summed E-state index contributed by atoms with van der Waals surface area (Å²) in [7, 11) is 0. The summed E-state index contributed by atoms with van der Waals surface area (Å²) in [5.41, 5.74) is 2.87. The van der Waals surface area contributed by atoms with E-state index in [-0.39, 0.29) is 11.2 Å². The van der Waals surface area contributed by atoms with E-state index in [9.17, 15) is 4.79 Å². The van der Waals surface area contributed by atoms with Gasteiger partial charge in [-0.25, -0.2) is 0 Å². The summed E-state index contributed by atoms with van der Waals surface area (Å²) in [5, 5.41) is 3.42. The molecule has 0 saturated heterocycles. The van der Waals surface area contributed by atoms with Crippen LogP contribution in [-0.4, -0.2) is 11.2 Å². The standard InChI is InChI=1S/C17H18ClNOS/c1-11-7-9-14(10-8-11)21-13(3)17(20)19-16-6-4-5-15(18)12(16)2/h4-10,13H,1-3H3,(H,19,20)/t13-/m0/s1. The second kappa shape index (κ2) is 7.01. The van der Waals surface area contributed by atoms with Crippen LogP contribution in [0.15, 0.2) is 47.4 Å². The summed E-state index contributed by atoms with van der Waals surface area (Å²) in [6.45, 7) is 5.85. The molecule has 2 aromatic rings. The van der Waals surface area contributed by atoms with Gasteiger partial charge in [0, 0.05) is 15.6 Å². The Morgan fingerprint density at radius 1 is 1.14 bits per heavy atom. The summed E-state index contributed by atoms with van der Waals surface area (Å²) in [6, 6.07) is 13.7. The summed E-state index contributed by atoms with van der Waals surface area (Å²) in [5.74, 6) is -0.0223. The van der Waals surface area contributed by atoms with Gasteiger partial charge in [-0.1, -0.05) is 35.4 Å². The van der Waals surface area contributed by atoms with Crippen molar-refractivity contribution in [3.63, 3.8) is 0 Å². The monoisotopic (exact) mass is 319 g/mol. The number of rotatable bonds is 4. The van der Waals surface area contributed by atoms with E-state index in [1.807, 2.05) is 63.2 Å². The predicted octanol–water partition coefficient (Wildman–Crippen LogP) is 5.08. The van der Waals surface area contributed by atoms with Crippen LogP contribution in [0.5, 0.6) is 0 Å². The fourth-order valence-electron chi connectivity index (χ4n) is 1.85. The van der Waals surface area contributed by atoms with Crippen LogP contribution in [0.4, 0.5) is 5.69 Å². The first-order valence-electron chi connectivity index (χ1n) is 6.76. The Balaban J connectivity index is 2.02. The van der Waals surface area contributed by atoms with Gasteiger partial charge in [0.25, 0.3) is 0 Å². The molecule has 2 rings (SSSR count). The topological polar surface area (TPSA) is 29.1 Å². The van der Waals surface area contributed by atoms with Crippen LogP contribution in [0.1, 0.15) is 18.1 Å². The molecule has 2 aromatic carbocycles. The van der Waals surface area contributed by atoms with Gasteiger partial charge in [0.2, 0.25) is 5.91 Å². The third-order valence-electron chi connectivity index (χ3n) is 3.23. The van der Waals surface area contributed by atoms with Crippen molar-refractivity contribution in [2.75, 3.05) is 5.32 Å². The minimum absolute atomic E-state index is 0.0223. The highest BCUT2D eigenvalue weighted by atomic mass is 35.5. The van der Waals surface area contributed by atoms with Gasteiger partial charge in [0.15, 0.2) is 0 Å². The van der Waals surface area contributed by atoms with Crippen molar-refractivity contribution < 1.29 is 4.79 Å². The number of carbonyl (C=O) groups is 1. The highest BCUT2D eigenvalue weighted by Gasteiger charge is 2.15. The maximum Gasteiger partial charge on any atom is 0.237 e. The maximum absolute atomic E-state index is 12.3. The Hall–Kier alpha value is -1.45. The molecule has 0 spiro atoms. The number of thioether (sulfide) groups is 1. The second-order valence-electron chi connectivity index (χ2n) is 4.97. The Morgan fingerprint density at radius 3 is 2.48 bits per heavy atom. The normalized spacial score (nSPS) is 12.0. The third kappa shape index (κ3) is 4.26. The number of aryl methyl sites for hydroxylation is 1. The van der Waals surface area contributed by atoms with E-state index in [0.29, 0.717) is 5.02 Å². The number of nitrogens with one attached hydrogen (secondary N) is 1. The zero-order valence-corrected chi connectivity index (χ0v) is 13.9. The zero-order chi connectivity index (χ0) is 15.4. The minimum atomic E-state index is -0.175. The number of hydrogen-bond donors (Lipinski definition) is 1. The van der Waals surface area contributed by atoms with E-state index < -0.39 is 0 Å². The molecule has 0 aliphatic carbocycles. The molecule has 0 heterocycles. The molecule has 1 N–H and O–H groups in total. The molecule has 0 aromatic heterocycles. The Kier molecular flexibility index (Phi) is 5.32. The van der Waals surface area contributed by atoms with Crippen molar-refractivity contribution in [1.82, 2.24) is 0 Å². The molecule has 21 heavy (non-hydrogen) atoms. The molecular formula is C17H18ClNOS. The molecule has 0 fully saturated rings. The average molecular weight is 320 g/mol. The van der Waals surface area contributed by atoms with Gasteiger partial charge in [-0.15, -0.1) is 11.8 Å². The molecule has 0 aliphatic rings. The molecular weight excluding hydrogens is 302 g/mol. The second-order valence-corrected chi connectivity index (χ2v) is 6.80. The molecule has 0 saturated carbocycles. The van der Waals surface area contributed by atoms with Gasteiger partial charge >= 0.3 is 0 Å². The lowest BCUT2D eigenvalue weighted by Gasteiger charge is -2.14. The molecule has 0 aliphatic heterocycles. The van der Waals surface area contributed by atoms with Crippen LogP contribution in [-0.2, 0) is 4.79 Å². The van der Waals surface area contributed by atoms with Crippen LogP contribution in [0, 0.1) is 13.8 Å². The van der Waals surface area contributed by atoms with Gasteiger partial charge in [-0.2, -0.15) is 0 Å². The molecule has 1 atom stereocenters. The largest absolute Gasteiger partial charge is 0.325 e. The predicted molar refractivity (Wildman–Crippen MR) is 91.3 cm³/mol. The molecule has 0 bridgehead atoms. The lowest BCUT2D eigenvalue weighted by Crippen LogP contribution is -2.22. The SMILES string of the molecule is Cc1ccc(S[C@@H](C)C(=O)Nc2cccc(Cl)c2C)cc1. The Bertz CT molecular complexity index is 640. The molecule has 4 heteroatoms. The summed E-state index contributed by atoms with van der Waals surface area (Å²) < 4.78 is 0. The van der Waals surface area contributed by atoms with Crippen LogP contribution in [0.2, 0.25) is 5.02 Å². The molecule has 0 unspecified atom stereocenters. The number of hydrogen-bond acceptors (Lipinski definition) is 2.